The Morgan fingerprint density at radius 3 is 1.81 bits per heavy atom. The molecule has 0 heterocycles. The molecule has 0 bridgehead atoms. The Morgan fingerprint density at radius 2 is 1.48 bits per heavy atom. The SMILES string of the molecule is CC(C)(C)[C@H](NC(=O)N[C@@H](CCC(=O)O)C(=O)O)C(=O)O. The molecule has 0 rings (SSSR count). The second-order valence-corrected chi connectivity index (χ2v) is 5.58. The molecule has 0 aliphatic rings. The molecule has 0 fully saturated rings. The van der Waals surface area contributed by atoms with Crippen molar-refractivity contribution in [2.24, 2.45) is 5.41 Å². The van der Waals surface area contributed by atoms with E-state index in [9.17, 15) is 19.2 Å². The van der Waals surface area contributed by atoms with Crippen LogP contribution in [0.25, 0.3) is 0 Å². The van der Waals surface area contributed by atoms with Gasteiger partial charge < -0.3 is 26.0 Å². The van der Waals surface area contributed by atoms with Crippen LogP contribution < -0.4 is 10.6 Å². The highest BCUT2D eigenvalue weighted by molar-refractivity contribution is 5.86. The van der Waals surface area contributed by atoms with Crippen LogP contribution in [-0.4, -0.2) is 51.3 Å². The molecule has 2 atom stereocenters. The number of urea groups is 1. The summed E-state index contributed by atoms with van der Waals surface area (Å²) in [7, 11) is 0. The van der Waals surface area contributed by atoms with Gasteiger partial charge in [0.05, 0.1) is 0 Å². The highest BCUT2D eigenvalue weighted by Gasteiger charge is 2.33. The van der Waals surface area contributed by atoms with E-state index in [2.05, 4.69) is 10.6 Å². The number of amides is 2. The Morgan fingerprint density at radius 1 is 0.952 bits per heavy atom. The molecule has 9 heteroatoms. The van der Waals surface area contributed by atoms with Gasteiger partial charge in [-0.2, -0.15) is 0 Å². The van der Waals surface area contributed by atoms with Crippen LogP contribution in [0.2, 0.25) is 0 Å². The molecule has 0 saturated carbocycles. The Hall–Kier alpha value is -2.32. The van der Waals surface area contributed by atoms with Crippen molar-refractivity contribution in [3.8, 4) is 0 Å². The maximum absolute atomic E-state index is 11.7. The van der Waals surface area contributed by atoms with Gasteiger partial charge in [0.1, 0.15) is 12.1 Å². The molecule has 0 spiro atoms. The molecular weight excluding hydrogens is 284 g/mol. The average molecular weight is 304 g/mol. The molecule has 0 aliphatic heterocycles. The Labute approximate surface area is 121 Å². The van der Waals surface area contributed by atoms with Crippen molar-refractivity contribution in [1.82, 2.24) is 10.6 Å². The van der Waals surface area contributed by atoms with Crippen molar-refractivity contribution >= 4 is 23.9 Å². The first-order chi connectivity index (χ1) is 9.45. The summed E-state index contributed by atoms with van der Waals surface area (Å²) in [5.41, 5.74) is -0.775. The van der Waals surface area contributed by atoms with Crippen LogP contribution in [-0.2, 0) is 14.4 Å². The van der Waals surface area contributed by atoms with Crippen LogP contribution in [0.3, 0.4) is 0 Å². The highest BCUT2D eigenvalue weighted by Crippen LogP contribution is 2.19. The molecule has 5 N–H and O–H groups in total. The molecule has 0 aromatic rings. The van der Waals surface area contributed by atoms with Gasteiger partial charge >= 0.3 is 23.9 Å². The number of rotatable bonds is 7. The summed E-state index contributed by atoms with van der Waals surface area (Å²) in [5, 5.41) is 30.7. The predicted octanol–water partition coefficient (Wildman–Crippen LogP) is 0.103. The van der Waals surface area contributed by atoms with Crippen molar-refractivity contribution in [3.63, 3.8) is 0 Å². The molecule has 0 aromatic carbocycles. The second kappa shape index (κ2) is 7.46. The van der Waals surface area contributed by atoms with Crippen molar-refractivity contribution in [2.75, 3.05) is 0 Å². The maximum atomic E-state index is 11.7. The fourth-order valence-electron chi connectivity index (χ4n) is 1.50. The van der Waals surface area contributed by atoms with E-state index in [4.69, 9.17) is 15.3 Å². The zero-order chi connectivity index (χ0) is 16.8. The lowest BCUT2D eigenvalue weighted by Crippen LogP contribution is -2.55. The average Bonchev–Trinajstić information content (AvgIpc) is 2.28. The number of nitrogens with one attached hydrogen (secondary N) is 2. The second-order valence-electron chi connectivity index (χ2n) is 5.58. The first-order valence-corrected chi connectivity index (χ1v) is 6.19. The van der Waals surface area contributed by atoms with Gasteiger partial charge in [-0.1, -0.05) is 20.8 Å². The van der Waals surface area contributed by atoms with Crippen LogP contribution in [0.4, 0.5) is 4.79 Å². The van der Waals surface area contributed by atoms with Gasteiger partial charge in [-0.3, -0.25) is 4.79 Å². The molecule has 9 nitrogen and oxygen atoms in total. The van der Waals surface area contributed by atoms with Gasteiger partial charge in [0, 0.05) is 6.42 Å². The fraction of sp³-hybridized carbons (Fsp3) is 0.667. The van der Waals surface area contributed by atoms with Crippen molar-refractivity contribution < 1.29 is 34.5 Å². The smallest absolute Gasteiger partial charge is 0.326 e. The zero-order valence-electron chi connectivity index (χ0n) is 12.0. The molecule has 120 valence electrons. The van der Waals surface area contributed by atoms with E-state index in [-0.39, 0.29) is 6.42 Å². The normalized spacial score (nSPS) is 13.9. The Bertz CT molecular complexity index is 428. The minimum absolute atomic E-state index is 0.300. The predicted molar refractivity (Wildman–Crippen MR) is 70.8 cm³/mol. The first kappa shape index (κ1) is 18.7. The van der Waals surface area contributed by atoms with Crippen molar-refractivity contribution in [2.45, 2.75) is 45.7 Å². The number of aliphatic carboxylic acids is 3. The third-order valence-electron chi connectivity index (χ3n) is 2.64. The molecule has 0 radical (unpaired) electrons. The van der Waals surface area contributed by atoms with Crippen LogP contribution in [0.5, 0.6) is 0 Å². The summed E-state index contributed by atoms with van der Waals surface area (Å²) in [6.07, 6.45) is -0.732. The maximum Gasteiger partial charge on any atom is 0.326 e. The lowest BCUT2D eigenvalue weighted by molar-refractivity contribution is -0.142. The minimum Gasteiger partial charge on any atom is -0.481 e. The van der Waals surface area contributed by atoms with Crippen LogP contribution >= 0.6 is 0 Å². The van der Waals surface area contributed by atoms with E-state index in [1.165, 1.54) is 0 Å². The number of hydrogen-bond acceptors (Lipinski definition) is 4. The molecule has 0 aromatic heterocycles. The topological polar surface area (TPSA) is 153 Å². The van der Waals surface area contributed by atoms with E-state index in [0.29, 0.717) is 0 Å². The monoisotopic (exact) mass is 304 g/mol. The minimum atomic E-state index is -1.41. The van der Waals surface area contributed by atoms with Gasteiger partial charge in [-0.15, -0.1) is 0 Å². The van der Waals surface area contributed by atoms with E-state index < -0.39 is 47.9 Å². The zero-order valence-corrected chi connectivity index (χ0v) is 12.0. The van der Waals surface area contributed by atoms with Crippen LogP contribution in [0.1, 0.15) is 33.6 Å². The number of carbonyl (C=O) groups excluding carboxylic acids is 1. The molecule has 21 heavy (non-hydrogen) atoms. The molecule has 0 unspecified atom stereocenters. The van der Waals surface area contributed by atoms with Gasteiger partial charge in [0.25, 0.3) is 0 Å². The third-order valence-corrected chi connectivity index (χ3v) is 2.64. The molecule has 0 aliphatic carbocycles. The Kier molecular flexibility index (Phi) is 6.64. The van der Waals surface area contributed by atoms with E-state index in [1.807, 2.05) is 0 Å². The largest absolute Gasteiger partial charge is 0.481 e. The third kappa shape index (κ3) is 7.14. The summed E-state index contributed by atoms with van der Waals surface area (Å²) >= 11 is 0. The van der Waals surface area contributed by atoms with E-state index >= 15 is 0 Å². The van der Waals surface area contributed by atoms with Crippen molar-refractivity contribution in [1.29, 1.82) is 0 Å². The number of carboxylic acid groups (broad SMARTS) is 3. The summed E-state index contributed by atoms with van der Waals surface area (Å²) in [4.78, 5) is 44.1. The Balaban J connectivity index is 4.72. The summed E-state index contributed by atoms with van der Waals surface area (Å²) in [6.45, 7) is 4.81. The lowest BCUT2D eigenvalue weighted by Gasteiger charge is -2.28. The first-order valence-electron chi connectivity index (χ1n) is 6.19. The van der Waals surface area contributed by atoms with Gasteiger partial charge in [-0.25, -0.2) is 14.4 Å². The van der Waals surface area contributed by atoms with E-state index in [1.54, 1.807) is 20.8 Å². The highest BCUT2D eigenvalue weighted by atomic mass is 16.4. The van der Waals surface area contributed by atoms with Gasteiger partial charge in [0.15, 0.2) is 0 Å². The van der Waals surface area contributed by atoms with E-state index in [0.717, 1.165) is 0 Å². The number of hydrogen-bond donors (Lipinski definition) is 5. The molecule has 2 amide bonds. The molecule has 0 saturated heterocycles. The summed E-state index contributed by atoms with van der Waals surface area (Å²) in [5.74, 6) is -3.84. The van der Waals surface area contributed by atoms with Crippen LogP contribution in [0.15, 0.2) is 0 Å². The van der Waals surface area contributed by atoms with Gasteiger partial charge in [-0.05, 0) is 11.8 Å². The quantitative estimate of drug-likeness (QED) is 0.447. The number of carboxylic acids is 3. The van der Waals surface area contributed by atoms with Crippen LogP contribution in [0, 0.1) is 5.41 Å². The lowest BCUT2D eigenvalue weighted by atomic mass is 9.87. The van der Waals surface area contributed by atoms with Crippen molar-refractivity contribution in [3.05, 3.63) is 0 Å². The van der Waals surface area contributed by atoms with Gasteiger partial charge in [0.2, 0.25) is 0 Å². The number of carbonyl (C=O) groups is 4. The summed E-state index contributed by atoms with van der Waals surface area (Å²) in [6, 6.07) is -3.60. The fourth-order valence-corrected chi connectivity index (χ4v) is 1.50. The standard InChI is InChI=1S/C12H20N2O7/c1-12(2,3)8(10(19)20)14-11(21)13-6(9(17)18)4-5-7(15)16/h6,8H,4-5H2,1-3H3,(H,15,16)(H,17,18)(H,19,20)(H2,13,14,21)/t6-,8+/m0/s1. The molecular formula is C12H20N2O7. The summed E-state index contributed by atoms with van der Waals surface area (Å²) < 4.78 is 0.